The fourth-order valence-corrected chi connectivity index (χ4v) is 2.31. The molecule has 0 spiro atoms. The lowest BCUT2D eigenvalue weighted by atomic mass is 10.3. The molecule has 0 atom stereocenters. The Morgan fingerprint density at radius 2 is 2.33 bits per heavy atom. The standard InChI is InChI=1S/C10H9FN2OS/c1-2-3-13-8-5-7(12)6(11)4-9(8)15-10(13)14/h2,4-5H,1,3,12H2. The van der Waals surface area contributed by atoms with Crippen LogP contribution < -0.4 is 10.6 Å². The normalized spacial score (nSPS) is 10.7. The number of halogens is 1. The predicted molar refractivity (Wildman–Crippen MR) is 60.7 cm³/mol. The van der Waals surface area contributed by atoms with Crippen molar-refractivity contribution in [1.29, 1.82) is 0 Å². The minimum Gasteiger partial charge on any atom is -0.396 e. The fourth-order valence-electron chi connectivity index (χ4n) is 1.40. The molecule has 0 radical (unpaired) electrons. The number of fused-ring (bicyclic) bond motifs is 1. The van der Waals surface area contributed by atoms with E-state index in [0.717, 1.165) is 11.3 Å². The van der Waals surface area contributed by atoms with E-state index in [4.69, 9.17) is 5.73 Å². The molecule has 2 N–H and O–H groups in total. The number of allylic oxidation sites excluding steroid dienone is 1. The molecule has 0 aliphatic carbocycles. The third-order valence-electron chi connectivity index (χ3n) is 2.10. The lowest BCUT2D eigenvalue weighted by molar-refractivity contribution is 0.634. The maximum atomic E-state index is 13.1. The third kappa shape index (κ3) is 1.55. The molecule has 0 bridgehead atoms. The number of nitrogens with zero attached hydrogens (tertiary/aromatic N) is 1. The minimum atomic E-state index is -0.491. The summed E-state index contributed by atoms with van der Waals surface area (Å²) in [5, 5.41) is 0. The number of benzene rings is 1. The van der Waals surface area contributed by atoms with Gasteiger partial charge < -0.3 is 5.73 Å². The summed E-state index contributed by atoms with van der Waals surface area (Å²) in [4.78, 5) is 11.4. The Morgan fingerprint density at radius 3 is 3.00 bits per heavy atom. The van der Waals surface area contributed by atoms with Crippen LogP contribution in [0.25, 0.3) is 10.2 Å². The first kappa shape index (κ1) is 9.92. The van der Waals surface area contributed by atoms with E-state index in [1.165, 1.54) is 16.7 Å². The number of anilines is 1. The Hall–Kier alpha value is -1.62. The zero-order valence-electron chi connectivity index (χ0n) is 7.87. The summed E-state index contributed by atoms with van der Waals surface area (Å²) in [6.07, 6.45) is 1.62. The van der Waals surface area contributed by atoms with Crippen LogP contribution in [-0.2, 0) is 6.54 Å². The Kier molecular flexibility index (Phi) is 2.32. The van der Waals surface area contributed by atoms with E-state index < -0.39 is 5.82 Å². The molecule has 3 nitrogen and oxygen atoms in total. The second-order valence-corrected chi connectivity index (χ2v) is 4.10. The van der Waals surface area contributed by atoms with Crippen molar-refractivity contribution in [3.05, 3.63) is 40.3 Å². The predicted octanol–water partition coefficient (Wildman–Crippen LogP) is 1.97. The van der Waals surface area contributed by atoms with E-state index in [0.29, 0.717) is 16.8 Å². The van der Waals surface area contributed by atoms with E-state index in [1.54, 1.807) is 6.08 Å². The molecule has 0 unspecified atom stereocenters. The number of nitrogen functional groups attached to an aromatic ring is 1. The summed E-state index contributed by atoms with van der Waals surface area (Å²) >= 11 is 1.01. The van der Waals surface area contributed by atoms with Gasteiger partial charge in [0.25, 0.3) is 0 Å². The number of hydrogen-bond donors (Lipinski definition) is 1. The van der Waals surface area contributed by atoms with Crippen LogP contribution in [0.2, 0.25) is 0 Å². The molecular formula is C10H9FN2OS. The van der Waals surface area contributed by atoms with Gasteiger partial charge in [-0.2, -0.15) is 0 Å². The van der Waals surface area contributed by atoms with E-state index >= 15 is 0 Å². The average molecular weight is 224 g/mol. The van der Waals surface area contributed by atoms with E-state index in [2.05, 4.69) is 6.58 Å². The topological polar surface area (TPSA) is 48.0 Å². The molecule has 0 fully saturated rings. The molecule has 1 aromatic carbocycles. The summed E-state index contributed by atoms with van der Waals surface area (Å²) < 4.78 is 15.2. The van der Waals surface area contributed by atoms with Crippen molar-refractivity contribution >= 4 is 27.2 Å². The molecule has 78 valence electrons. The largest absolute Gasteiger partial charge is 0.396 e. The average Bonchev–Trinajstić information content (AvgIpc) is 2.46. The van der Waals surface area contributed by atoms with Gasteiger partial charge in [0, 0.05) is 6.54 Å². The van der Waals surface area contributed by atoms with Crippen LogP contribution in [-0.4, -0.2) is 4.57 Å². The van der Waals surface area contributed by atoms with Gasteiger partial charge in [-0.1, -0.05) is 17.4 Å². The molecule has 0 saturated heterocycles. The van der Waals surface area contributed by atoms with Crippen LogP contribution in [0.1, 0.15) is 0 Å². The highest BCUT2D eigenvalue weighted by molar-refractivity contribution is 7.16. The summed E-state index contributed by atoms with van der Waals surface area (Å²) in [6, 6.07) is 2.77. The van der Waals surface area contributed by atoms with Gasteiger partial charge in [0.05, 0.1) is 15.9 Å². The zero-order chi connectivity index (χ0) is 11.0. The number of nitrogens with two attached hydrogens (primary N) is 1. The maximum absolute atomic E-state index is 13.1. The lowest BCUT2D eigenvalue weighted by Crippen LogP contribution is -2.11. The summed E-state index contributed by atoms with van der Waals surface area (Å²) in [5.41, 5.74) is 6.16. The Balaban J connectivity index is 2.81. The van der Waals surface area contributed by atoms with Crippen molar-refractivity contribution in [1.82, 2.24) is 4.57 Å². The highest BCUT2D eigenvalue weighted by Gasteiger charge is 2.09. The third-order valence-corrected chi connectivity index (χ3v) is 3.04. The molecule has 2 aromatic rings. The van der Waals surface area contributed by atoms with Gasteiger partial charge in [-0.3, -0.25) is 9.36 Å². The summed E-state index contributed by atoms with van der Waals surface area (Å²) in [6.45, 7) is 3.97. The van der Waals surface area contributed by atoms with Crippen molar-refractivity contribution in [3.8, 4) is 0 Å². The highest BCUT2D eigenvalue weighted by atomic mass is 32.1. The van der Waals surface area contributed by atoms with Gasteiger partial charge >= 0.3 is 4.87 Å². The maximum Gasteiger partial charge on any atom is 0.308 e. The lowest BCUT2D eigenvalue weighted by Gasteiger charge is -2.00. The first-order valence-corrected chi connectivity index (χ1v) is 5.14. The molecule has 15 heavy (non-hydrogen) atoms. The molecule has 0 aliphatic heterocycles. The van der Waals surface area contributed by atoms with Gasteiger partial charge in [-0.05, 0) is 12.1 Å². The minimum absolute atomic E-state index is 0.0538. The van der Waals surface area contributed by atoms with Crippen LogP contribution in [0, 0.1) is 5.82 Å². The first-order valence-electron chi connectivity index (χ1n) is 4.32. The second-order valence-electron chi connectivity index (χ2n) is 3.11. The van der Waals surface area contributed by atoms with Gasteiger partial charge in [0.2, 0.25) is 0 Å². The monoisotopic (exact) mass is 224 g/mol. The molecular weight excluding hydrogens is 215 g/mol. The Labute approximate surface area is 89.3 Å². The van der Waals surface area contributed by atoms with E-state index in [1.807, 2.05) is 0 Å². The van der Waals surface area contributed by atoms with Gasteiger partial charge in [0.1, 0.15) is 5.82 Å². The van der Waals surface area contributed by atoms with Gasteiger partial charge in [-0.15, -0.1) is 6.58 Å². The van der Waals surface area contributed by atoms with Crippen molar-refractivity contribution in [2.24, 2.45) is 0 Å². The van der Waals surface area contributed by atoms with Gasteiger partial charge in [0.15, 0.2) is 0 Å². The van der Waals surface area contributed by atoms with Crippen LogP contribution in [0.5, 0.6) is 0 Å². The van der Waals surface area contributed by atoms with E-state index in [-0.39, 0.29) is 10.6 Å². The number of aromatic nitrogens is 1. The van der Waals surface area contributed by atoms with Crippen LogP contribution >= 0.6 is 11.3 Å². The SMILES string of the molecule is C=CCn1c(=O)sc2cc(F)c(N)cc21. The van der Waals surface area contributed by atoms with Crippen molar-refractivity contribution in [2.75, 3.05) is 5.73 Å². The first-order chi connectivity index (χ1) is 7.13. The molecule has 5 heteroatoms. The smallest absolute Gasteiger partial charge is 0.308 e. The second kappa shape index (κ2) is 3.51. The molecule has 0 aliphatic rings. The van der Waals surface area contributed by atoms with Crippen molar-refractivity contribution in [2.45, 2.75) is 6.54 Å². The molecule has 0 saturated carbocycles. The van der Waals surface area contributed by atoms with E-state index in [9.17, 15) is 9.18 Å². The fraction of sp³-hybridized carbons (Fsp3) is 0.100. The molecule has 1 aromatic heterocycles. The van der Waals surface area contributed by atoms with Crippen LogP contribution in [0.3, 0.4) is 0 Å². The highest BCUT2D eigenvalue weighted by Crippen LogP contribution is 2.22. The van der Waals surface area contributed by atoms with Crippen molar-refractivity contribution in [3.63, 3.8) is 0 Å². The summed E-state index contributed by atoms with van der Waals surface area (Å²) in [5.74, 6) is -0.491. The Morgan fingerprint density at radius 1 is 1.60 bits per heavy atom. The van der Waals surface area contributed by atoms with Crippen molar-refractivity contribution < 1.29 is 4.39 Å². The number of hydrogen-bond acceptors (Lipinski definition) is 3. The van der Waals surface area contributed by atoms with Crippen LogP contribution in [0.15, 0.2) is 29.6 Å². The van der Waals surface area contributed by atoms with Crippen LogP contribution in [0.4, 0.5) is 10.1 Å². The Bertz CT molecular complexity index is 585. The quantitative estimate of drug-likeness (QED) is 0.626. The zero-order valence-corrected chi connectivity index (χ0v) is 8.68. The molecule has 0 amide bonds. The van der Waals surface area contributed by atoms with Gasteiger partial charge in [-0.25, -0.2) is 4.39 Å². The number of rotatable bonds is 2. The molecule has 1 heterocycles. The number of thiazole rings is 1. The molecule has 2 rings (SSSR count). The summed E-state index contributed by atoms with van der Waals surface area (Å²) in [7, 11) is 0.